The van der Waals surface area contributed by atoms with E-state index in [1.807, 2.05) is 28.9 Å². The normalized spacial score (nSPS) is 15.9. The molecule has 0 saturated carbocycles. The lowest BCUT2D eigenvalue weighted by Gasteiger charge is -2.40. The maximum absolute atomic E-state index is 13.4. The lowest BCUT2D eigenvalue weighted by atomic mass is 9.98. The summed E-state index contributed by atoms with van der Waals surface area (Å²) in [6.45, 7) is 9.57. The monoisotopic (exact) mass is 468 g/mol. The van der Waals surface area contributed by atoms with Crippen LogP contribution in [0.3, 0.4) is 0 Å². The van der Waals surface area contributed by atoms with Crippen molar-refractivity contribution in [2.45, 2.75) is 38.8 Å². The number of tetrazole rings is 1. The van der Waals surface area contributed by atoms with E-state index in [1.54, 1.807) is 14.2 Å². The molecule has 2 aromatic carbocycles. The molecule has 4 rings (SSSR count). The Morgan fingerprint density at radius 1 is 1.00 bits per heavy atom. The van der Waals surface area contributed by atoms with Gasteiger partial charge in [0.25, 0.3) is 0 Å². The average molecular weight is 469 g/mol. The van der Waals surface area contributed by atoms with Gasteiger partial charge in [0, 0.05) is 37.4 Å². The van der Waals surface area contributed by atoms with Crippen LogP contribution in [-0.2, 0) is 5.54 Å². The second-order valence-corrected chi connectivity index (χ2v) is 9.10. The summed E-state index contributed by atoms with van der Waals surface area (Å²) >= 11 is 0. The molecular weight excluding hydrogens is 435 g/mol. The first-order chi connectivity index (χ1) is 16.4. The van der Waals surface area contributed by atoms with Crippen molar-refractivity contribution in [3.63, 3.8) is 0 Å². The summed E-state index contributed by atoms with van der Waals surface area (Å²) in [5.41, 5.74) is 1.73. The highest BCUT2D eigenvalue weighted by Crippen LogP contribution is 2.40. The first-order valence-corrected chi connectivity index (χ1v) is 11.6. The van der Waals surface area contributed by atoms with Crippen molar-refractivity contribution in [2.24, 2.45) is 0 Å². The number of ether oxygens (including phenoxy) is 2. The van der Waals surface area contributed by atoms with Crippen LogP contribution in [0.15, 0.2) is 42.5 Å². The molecule has 9 heteroatoms. The molecule has 1 fully saturated rings. The largest absolute Gasteiger partial charge is 0.493 e. The van der Waals surface area contributed by atoms with Gasteiger partial charge in [-0.15, -0.1) is 5.10 Å². The molecule has 8 nitrogen and oxygen atoms in total. The Morgan fingerprint density at radius 2 is 1.71 bits per heavy atom. The third-order valence-corrected chi connectivity index (χ3v) is 6.78. The molecule has 1 aromatic heterocycles. The van der Waals surface area contributed by atoms with E-state index < -0.39 is 0 Å². The van der Waals surface area contributed by atoms with Crippen LogP contribution in [0.4, 0.5) is 10.1 Å². The highest BCUT2D eigenvalue weighted by Gasteiger charge is 2.36. The summed E-state index contributed by atoms with van der Waals surface area (Å²) in [4.78, 5) is 4.65. The van der Waals surface area contributed by atoms with Gasteiger partial charge in [-0.25, -0.2) is 9.07 Å². The van der Waals surface area contributed by atoms with E-state index in [0.717, 1.165) is 49.7 Å². The first-order valence-electron chi connectivity index (χ1n) is 11.6. The van der Waals surface area contributed by atoms with Gasteiger partial charge in [-0.05, 0) is 61.0 Å². The number of hydrogen-bond donors (Lipinski definition) is 0. The SMILES string of the molecule is CCC(C)(C)n1nnnc1[C@H](c1cccc(OC)c1OC)N1CCN(c2ccc(F)cc2)CC1. The number of nitrogens with zero attached hydrogens (tertiary/aromatic N) is 6. The summed E-state index contributed by atoms with van der Waals surface area (Å²) in [6, 6.07) is 12.4. The van der Waals surface area contributed by atoms with Crippen LogP contribution in [0.5, 0.6) is 11.5 Å². The van der Waals surface area contributed by atoms with Gasteiger partial charge in [0.2, 0.25) is 0 Å². The molecule has 0 spiro atoms. The van der Waals surface area contributed by atoms with Crippen molar-refractivity contribution in [1.29, 1.82) is 0 Å². The van der Waals surface area contributed by atoms with Gasteiger partial charge in [-0.3, -0.25) is 4.90 Å². The van der Waals surface area contributed by atoms with E-state index in [0.29, 0.717) is 11.5 Å². The van der Waals surface area contributed by atoms with Gasteiger partial charge in [0.05, 0.1) is 19.8 Å². The predicted octanol–water partition coefficient (Wildman–Crippen LogP) is 3.89. The molecule has 0 N–H and O–H groups in total. The van der Waals surface area contributed by atoms with Crippen molar-refractivity contribution in [3.05, 3.63) is 59.7 Å². The third-order valence-electron chi connectivity index (χ3n) is 6.78. The Bertz CT molecular complexity index is 1090. The van der Waals surface area contributed by atoms with E-state index in [9.17, 15) is 4.39 Å². The summed E-state index contributed by atoms with van der Waals surface area (Å²) in [7, 11) is 3.30. The van der Waals surface area contributed by atoms with Crippen LogP contribution in [-0.4, -0.2) is 65.5 Å². The number of piperazine rings is 1. The van der Waals surface area contributed by atoms with Crippen molar-refractivity contribution in [3.8, 4) is 11.5 Å². The molecule has 0 aliphatic carbocycles. The Kier molecular flexibility index (Phi) is 7.02. The molecule has 1 atom stereocenters. The van der Waals surface area contributed by atoms with Gasteiger partial charge < -0.3 is 14.4 Å². The van der Waals surface area contributed by atoms with E-state index in [2.05, 4.69) is 52.2 Å². The summed E-state index contributed by atoms with van der Waals surface area (Å²) in [5, 5.41) is 13.0. The Hall–Kier alpha value is -3.20. The molecule has 34 heavy (non-hydrogen) atoms. The van der Waals surface area contributed by atoms with E-state index in [-0.39, 0.29) is 17.4 Å². The Labute approximate surface area is 200 Å². The molecule has 2 heterocycles. The smallest absolute Gasteiger partial charge is 0.173 e. The molecule has 182 valence electrons. The lowest BCUT2D eigenvalue weighted by Crippen LogP contribution is -2.49. The predicted molar refractivity (Wildman–Crippen MR) is 129 cm³/mol. The van der Waals surface area contributed by atoms with Crippen LogP contribution in [0.2, 0.25) is 0 Å². The van der Waals surface area contributed by atoms with E-state index in [1.165, 1.54) is 12.1 Å². The highest BCUT2D eigenvalue weighted by atomic mass is 19.1. The fourth-order valence-corrected chi connectivity index (χ4v) is 4.46. The van der Waals surface area contributed by atoms with Crippen molar-refractivity contribution in [1.82, 2.24) is 25.1 Å². The minimum absolute atomic E-state index is 0.221. The standard InChI is InChI=1S/C25H33FN6O2/c1-6-25(2,3)32-24(27-28-29-32)22(20-8-7-9-21(33-4)23(20)34-5)31-16-14-30(15-17-31)19-12-10-18(26)11-13-19/h7-13,22H,6,14-17H2,1-5H3/t22-/m0/s1. The minimum atomic E-state index is -0.251. The molecule has 3 aromatic rings. The summed E-state index contributed by atoms with van der Waals surface area (Å²) in [5.74, 6) is 1.90. The number of hydrogen-bond acceptors (Lipinski definition) is 7. The van der Waals surface area contributed by atoms with Crippen LogP contribution in [0.25, 0.3) is 0 Å². The van der Waals surface area contributed by atoms with Crippen LogP contribution in [0.1, 0.15) is 44.6 Å². The van der Waals surface area contributed by atoms with Crippen LogP contribution in [0, 0.1) is 5.82 Å². The maximum Gasteiger partial charge on any atom is 0.173 e. The zero-order valence-electron chi connectivity index (χ0n) is 20.5. The Morgan fingerprint density at radius 3 is 2.32 bits per heavy atom. The quantitative estimate of drug-likeness (QED) is 0.497. The number of anilines is 1. The second-order valence-electron chi connectivity index (χ2n) is 9.10. The van der Waals surface area contributed by atoms with E-state index >= 15 is 0 Å². The average Bonchev–Trinajstić information content (AvgIpc) is 3.35. The molecular formula is C25H33FN6O2. The van der Waals surface area contributed by atoms with Crippen molar-refractivity contribution in [2.75, 3.05) is 45.3 Å². The zero-order valence-corrected chi connectivity index (χ0v) is 20.5. The van der Waals surface area contributed by atoms with Gasteiger partial charge >= 0.3 is 0 Å². The molecule has 1 aliphatic heterocycles. The van der Waals surface area contributed by atoms with Gasteiger partial charge in [-0.2, -0.15) is 0 Å². The number of rotatable bonds is 8. The molecule has 0 unspecified atom stereocenters. The summed E-state index contributed by atoms with van der Waals surface area (Å²) < 4.78 is 26.7. The van der Waals surface area contributed by atoms with Gasteiger partial charge in [0.1, 0.15) is 11.9 Å². The molecule has 0 radical (unpaired) electrons. The topological polar surface area (TPSA) is 68.5 Å². The minimum Gasteiger partial charge on any atom is -0.493 e. The van der Waals surface area contributed by atoms with Gasteiger partial charge in [0.15, 0.2) is 17.3 Å². The molecule has 1 aliphatic rings. The summed E-state index contributed by atoms with van der Waals surface area (Å²) in [6.07, 6.45) is 0.880. The highest BCUT2D eigenvalue weighted by molar-refractivity contribution is 5.50. The lowest BCUT2D eigenvalue weighted by molar-refractivity contribution is 0.183. The zero-order chi connectivity index (χ0) is 24.3. The Balaban J connectivity index is 1.72. The molecule has 0 bridgehead atoms. The fourth-order valence-electron chi connectivity index (χ4n) is 4.46. The number of para-hydroxylation sites is 1. The second kappa shape index (κ2) is 9.97. The maximum atomic E-state index is 13.4. The third kappa shape index (κ3) is 4.57. The number of aromatic nitrogens is 4. The van der Waals surface area contributed by atoms with Crippen molar-refractivity contribution < 1.29 is 13.9 Å². The number of benzene rings is 2. The van der Waals surface area contributed by atoms with E-state index in [4.69, 9.17) is 9.47 Å². The first kappa shape index (κ1) is 23.9. The molecule has 0 amide bonds. The number of methoxy groups -OCH3 is 2. The number of halogens is 1. The molecule has 1 saturated heterocycles. The fraction of sp³-hybridized carbons (Fsp3) is 0.480. The van der Waals surface area contributed by atoms with Crippen LogP contribution < -0.4 is 14.4 Å². The van der Waals surface area contributed by atoms with Gasteiger partial charge in [-0.1, -0.05) is 19.1 Å². The van der Waals surface area contributed by atoms with Crippen molar-refractivity contribution >= 4 is 5.69 Å². The van der Waals surface area contributed by atoms with Crippen LogP contribution >= 0.6 is 0 Å².